The van der Waals surface area contributed by atoms with Crippen LogP contribution in [0.5, 0.6) is 0 Å². The summed E-state index contributed by atoms with van der Waals surface area (Å²) in [7, 11) is 0. The van der Waals surface area contributed by atoms with Crippen LogP contribution in [0.3, 0.4) is 0 Å². The highest BCUT2D eigenvalue weighted by atomic mass is 32.2. The van der Waals surface area contributed by atoms with Crippen LogP contribution in [0, 0.1) is 5.92 Å². The molecule has 1 N–H and O–H groups in total. The Morgan fingerprint density at radius 3 is 2.67 bits per heavy atom. The largest absolute Gasteiger partial charge is 0.354 e. The van der Waals surface area contributed by atoms with Crippen LogP contribution in [0.2, 0.25) is 0 Å². The van der Waals surface area contributed by atoms with Crippen LogP contribution >= 0.6 is 11.8 Å². The number of unbranched alkanes of at least 4 members (excludes halogenated alkanes) is 1. The molecule has 4 nitrogen and oxygen atoms in total. The molecule has 2 rings (SSSR count). The maximum Gasteiger partial charge on any atom is 0.136 e. The number of anilines is 1. The van der Waals surface area contributed by atoms with E-state index in [9.17, 15) is 4.79 Å². The number of rotatable bonds is 9. The number of hydrogen-bond acceptors (Lipinski definition) is 5. The summed E-state index contributed by atoms with van der Waals surface area (Å²) in [4.78, 5) is 19.2. The van der Waals surface area contributed by atoms with Gasteiger partial charge in [0.25, 0.3) is 0 Å². The lowest BCUT2D eigenvalue weighted by Crippen LogP contribution is -2.43. The number of thioether (sulfide) groups is 1. The number of ketones is 1. The van der Waals surface area contributed by atoms with Crippen molar-refractivity contribution in [3.05, 3.63) is 23.9 Å². The molecule has 0 saturated carbocycles. The summed E-state index contributed by atoms with van der Waals surface area (Å²) >= 11 is 1.90. The second-order valence-corrected chi connectivity index (χ2v) is 8.04. The first kappa shape index (κ1) is 19.3. The van der Waals surface area contributed by atoms with Crippen molar-refractivity contribution in [3.63, 3.8) is 0 Å². The standard InChI is InChI=1S/C19H31N3OS/c1-4-5-12-24-18(13-17(23)15(2)3)16-6-7-19(21-14-16)22-10-8-20-9-11-22/h6-7,14-15,18,20H,4-5,8-13H2,1-3H3. The molecule has 1 aromatic rings. The summed E-state index contributed by atoms with van der Waals surface area (Å²) in [5.74, 6) is 2.60. The molecule has 0 aromatic carbocycles. The van der Waals surface area contributed by atoms with Crippen molar-refractivity contribution in [2.75, 3.05) is 36.8 Å². The van der Waals surface area contributed by atoms with Crippen molar-refractivity contribution >= 4 is 23.4 Å². The van der Waals surface area contributed by atoms with E-state index in [0.717, 1.165) is 37.7 Å². The Balaban J connectivity index is 2.04. The molecule has 1 fully saturated rings. The molecule has 24 heavy (non-hydrogen) atoms. The summed E-state index contributed by atoms with van der Waals surface area (Å²) < 4.78 is 0. The van der Waals surface area contributed by atoms with Crippen molar-refractivity contribution < 1.29 is 4.79 Å². The zero-order valence-electron chi connectivity index (χ0n) is 15.3. The first-order valence-corrected chi connectivity index (χ1v) is 10.2. The monoisotopic (exact) mass is 349 g/mol. The highest BCUT2D eigenvalue weighted by Gasteiger charge is 2.19. The lowest BCUT2D eigenvalue weighted by molar-refractivity contribution is -0.121. The Labute approximate surface area is 150 Å². The Morgan fingerprint density at radius 2 is 2.08 bits per heavy atom. The average Bonchev–Trinajstić information content (AvgIpc) is 2.62. The van der Waals surface area contributed by atoms with Crippen molar-refractivity contribution in [2.45, 2.75) is 45.3 Å². The topological polar surface area (TPSA) is 45.2 Å². The maximum atomic E-state index is 12.2. The molecule has 1 aromatic heterocycles. The lowest BCUT2D eigenvalue weighted by Gasteiger charge is -2.28. The number of aromatic nitrogens is 1. The van der Waals surface area contributed by atoms with Gasteiger partial charge in [-0.25, -0.2) is 4.98 Å². The SMILES string of the molecule is CCCCSC(CC(=O)C(C)C)c1ccc(N2CCNCC2)nc1. The van der Waals surface area contributed by atoms with E-state index in [0.29, 0.717) is 12.2 Å². The Hall–Kier alpha value is -1.07. The van der Waals surface area contributed by atoms with Gasteiger partial charge in [-0.2, -0.15) is 11.8 Å². The number of carbonyl (C=O) groups is 1. The number of piperazine rings is 1. The molecule has 1 atom stereocenters. The van der Waals surface area contributed by atoms with E-state index >= 15 is 0 Å². The van der Waals surface area contributed by atoms with Crippen LogP contribution in [0.15, 0.2) is 18.3 Å². The van der Waals surface area contributed by atoms with E-state index in [4.69, 9.17) is 0 Å². The van der Waals surface area contributed by atoms with E-state index in [1.54, 1.807) is 0 Å². The lowest BCUT2D eigenvalue weighted by atomic mass is 10.0. The molecule has 134 valence electrons. The number of pyridine rings is 1. The van der Waals surface area contributed by atoms with Crippen LogP contribution in [-0.4, -0.2) is 42.7 Å². The fourth-order valence-electron chi connectivity index (χ4n) is 2.73. The number of Topliss-reactive ketones (excluding diaryl/α,β-unsaturated/α-hetero) is 1. The summed E-state index contributed by atoms with van der Waals surface area (Å²) in [6.07, 6.45) is 4.98. The van der Waals surface area contributed by atoms with Gasteiger partial charge in [-0.05, 0) is 23.8 Å². The van der Waals surface area contributed by atoms with Crippen molar-refractivity contribution in [2.24, 2.45) is 5.92 Å². The summed E-state index contributed by atoms with van der Waals surface area (Å²) in [6, 6.07) is 4.29. The van der Waals surface area contributed by atoms with Gasteiger partial charge in [-0.15, -0.1) is 0 Å². The normalized spacial score (nSPS) is 16.4. The van der Waals surface area contributed by atoms with E-state index in [-0.39, 0.29) is 11.2 Å². The smallest absolute Gasteiger partial charge is 0.136 e. The molecule has 0 radical (unpaired) electrons. The van der Waals surface area contributed by atoms with Gasteiger partial charge < -0.3 is 10.2 Å². The van der Waals surface area contributed by atoms with Crippen LogP contribution in [0.4, 0.5) is 5.82 Å². The molecule has 1 aliphatic rings. The van der Waals surface area contributed by atoms with Gasteiger partial charge in [-0.3, -0.25) is 4.79 Å². The highest BCUT2D eigenvalue weighted by Crippen LogP contribution is 2.34. The number of nitrogens with zero attached hydrogens (tertiary/aromatic N) is 2. The fourth-order valence-corrected chi connectivity index (χ4v) is 4.08. The Bertz CT molecular complexity index is 498. The minimum atomic E-state index is 0.104. The third-order valence-corrected chi connectivity index (χ3v) is 5.80. The predicted octanol–water partition coefficient (Wildman–Crippen LogP) is 3.68. The number of carbonyl (C=O) groups excluding carboxylic acids is 1. The summed E-state index contributed by atoms with van der Waals surface area (Å²) in [5.41, 5.74) is 1.18. The van der Waals surface area contributed by atoms with Crippen molar-refractivity contribution in [3.8, 4) is 0 Å². The quantitative estimate of drug-likeness (QED) is 0.689. The van der Waals surface area contributed by atoms with E-state index < -0.39 is 0 Å². The van der Waals surface area contributed by atoms with Gasteiger partial charge in [0, 0.05) is 50.0 Å². The van der Waals surface area contributed by atoms with Gasteiger partial charge in [0.2, 0.25) is 0 Å². The van der Waals surface area contributed by atoms with Gasteiger partial charge in [-0.1, -0.05) is 33.3 Å². The molecular weight excluding hydrogens is 318 g/mol. The van der Waals surface area contributed by atoms with Crippen LogP contribution in [0.1, 0.15) is 50.8 Å². The predicted molar refractivity (Wildman–Crippen MR) is 104 cm³/mol. The molecule has 1 aliphatic heterocycles. The van der Waals surface area contributed by atoms with E-state index in [1.807, 2.05) is 31.8 Å². The second-order valence-electron chi connectivity index (χ2n) is 6.72. The fraction of sp³-hybridized carbons (Fsp3) is 0.684. The molecule has 5 heteroatoms. The van der Waals surface area contributed by atoms with Gasteiger partial charge in [0.05, 0.1) is 0 Å². The number of nitrogens with one attached hydrogen (secondary N) is 1. The van der Waals surface area contributed by atoms with Crippen LogP contribution in [-0.2, 0) is 4.79 Å². The molecule has 2 heterocycles. The molecule has 1 unspecified atom stereocenters. The second kappa shape index (κ2) is 10.0. The summed E-state index contributed by atoms with van der Waals surface area (Å²) in [5, 5.41) is 3.60. The van der Waals surface area contributed by atoms with Crippen molar-refractivity contribution in [1.82, 2.24) is 10.3 Å². The van der Waals surface area contributed by atoms with Gasteiger partial charge in [0.15, 0.2) is 0 Å². The molecule has 0 amide bonds. The van der Waals surface area contributed by atoms with E-state index in [1.165, 1.54) is 18.4 Å². The molecule has 0 aliphatic carbocycles. The van der Waals surface area contributed by atoms with Gasteiger partial charge >= 0.3 is 0 Å². The summed E-state index contributed by atoms with van der Waals surface area (Å²) in [6.45, 7) is 10.2. The van der Waals surface area contributed by atoms with Crippen LogP contribution in [0.25, 0.3) is 0 Å². The molecule has 1 saturated heterocycles. The molecule has 0 bridgehead atoms. The zero-order valence-corrected chi connectivity index (χ0v) is 16.1. The molecule has 0 spiro atoms. The van der Waals surface area contributed by atoms with Crippen molar-refractivity contribution in [1.29, 1.82) is 0 Å². The minimum absolute atomic E-state index is 0.104. The third kappa shape index (κ3) is 5.78. The Morgan fingerprint density at radius 1 is 1.33 bits per heavy atom. The average molecular weight is 350 g/mol. The first-order valence-electron chi connectivity index (χ1n) is 9.17. The molecular formula is C19H31N3OS. The third-order valence-electron chi connectivity index (χ3n) is 4.43. The first-order chi connectivity index (χ1) is 11.6. The van der Waals surface area contributed by atoms with Gasteiger partial charge in [0.1, 0.15) is 11.6 Å². The maximum absolute atomic E-state index is 12.2. The number of hydrogen-bond donors (Lipinski definition) is 1. The Kier molecular flexibility index (Phi) is 8.06. The minimum Gasteiger partial charge on any atom is -0.354 e. The van der Waals surface area contributed by atoms with Crippen LogP contribution < -0.4 is 10.2 Å². The highest BCUT2D eigenvalue weighted by molar-refractivity contribution is 7.99. The van der Waals surface area contributed by atoms with E-state index in [2.05, 4.69) is 34.3 Å². The zero-order chi connectivity index (χ0) is 17.4.